The van der Waals surface area contributed by atoms with Crippen LogP contribution in [0.1, 0.15) is 24.5 Å². The first kappa shape index (κ1) is 17.4. The van der Waals surface area contributed by atoms with Gasteiger partial charge in [-0.25, -0.2) is 14.4 Å². The molecule has 0 radical (unpaired) electrons. The summed E-state index contributed by atoms with van der Waals surface area (Å²) in [6, 6.07) is 13.8. The molecule has 7 heteroatoms. The number of hydrogen-bond acceptors (Lipinski definition) is 4. The van der Waals surface area contributed by atoms with Crippen LogP contribution in [0.15, 0.2) is 53.9 Å². The fraction of sp³-hybridized carbons (Fsp3) is 0.150. The maximum absolute atomic E-state index is 13.4. The summed E-state index contributed by atoms with van der Waals surface area (Å²) in [5, 5.41) is 5.46. The minimum absolute atomic E-state index is 0.140. The Labute approximate surface area is 159 Å². The van der Waals surface area contributed by atoms with Crippen molar-refractivity contribution in [1.82, 2.24) is 20.3 Å². The first-order valence-corrected chi connectivity index (χ1v) is 9.41. The molecule has 136 valence electrons. The van der Waals surface area contributed by atoms with E-state index in [1.165, 1.54) is 23.5 Å². The molecule has 1 unspecified atom stereocenters. The van der Waals surface area contributed by atoms with Crippen LogP contribution in [0.5, 0.6) is 0 Å². The molecule has 4 rings (SSSR count). The van der Waals surface area contributed by atoms with Crippen LogP contribution in [-0.2, 0) is 11.2 Å². The molecule has 1 atom stereocenters. The second-order valence-corrected chi connectivity index (χ2v) is 7.12. The third-order valence-corrected chi connectivity index (χ3v) is 5.10. The molecule has 0 bridgehead atoms. The maximum atomic E-state index is 13.4. The molecular formula is C20H17FN4OS. The molecule has 2 heterocycles. The Morgan fingerprint density at radius 2 is 2.07 bits per heavy atom. The summed E-state index contributed by atoms with van der Waals surface area (Å²) in [7, 11) is 0. The number of amides is 1. The summed E-state index contributed by atoms with van der Waals surface area (Å²) in [5.74, 6) is 0.268. The quantitative estimate of drug-likeness (QED) is 0.544. The lowest BCUT2D eigenvalue weighted by molar-refractivity contribution is -0.121. The summed E-state index contributed by atoms with van der Waals surface area (Å²) < 4.78 is 13.4. The zero-order valence-electron chi connectivity index (χ0n) is 14.6. The molecule has 0 saturated heterocycles. The summed E-state index contributed by atoms with van der Waals surface area (Å²) in [6.45, 7) is 1.88. The van der Waals surface area contributed by atoms with E-state index in [0.29, 0.717) is 22.1 Å². The van der Waals surface area contributed by atoms with Crippen LogP contribution in [0.3, 0.4) is 0 Å². The van der Waals surface area contributed by atoms with Gasteiger partial charge < -0.3 is 10.3 Å². The minimum atomic E-state index is -0.304. The predicted octanol–water partition coefficient (Wildman–Crippen LogP) is 4.25. The lowest BCUT2D eigenvalue weighted by Gasteiger charge is -2.10. The minimum Gasteiger partial charge on any atom is -0.346 e. The highest BCUT2D eigenvalue weighted by molar-refractivity contribution is 7.13. The molecule has 0 spiro atoms. The number of imidazole rings is 1. The lowest BCUT2D eigenvalue weighted by Crippen LogP contribution is -2.28. The number of carbonyl (C=O) groups excluding carboxylic acids is 1. The molecule has 0 aliphatic heterocycles. The van der Waals surface area contributed by atoms with Gasteiger partial charge in [-0.1, -0.05) is 24.3 Å². The van der Waals surface area contributed by atoms with Gasteiger partial charge in [0.15, 0.2) is 0 Å². The highest BCUT2D eigenvalue weighted by atomic mass is 32.1. The van der Waals surface area contributed by atoms with Crippen LogP contribution in [0.25, 0.3) is 21.6 Å². The number of nitrogens with one attached hydrogen (secondary N) is 2. The van der Waals surface area contributed by atoms with Gasteiger partial charge in [0, 0.05) is 10.9 Å². The Hall–Kier alpha value is -3.06. The van der Waals surface area contributed by atoms with Crippen molar-refractivity contribution in [2.24, 2.45) is 0 Å². The molecule has 1 amide bonds. The van der Waals surface area contributed by atoms with Crippen LogP contribution >= 0.6 is 11.3 Å². The van der Waals surface area contributed by atoms with Gasteiger partial charge in [-0.05, 0) is 31.2 Å². The number of benzene rings is 2. The Morgan fingerprint density at radius 1 is 1.22 bits per heavy atom. The molecule has 2 aromatic heterocycles. The van der Waals surface area contributed by atoms with E-state index < -0.39 is 0 Å². The van der Waals surface area contributed by atoms with E-state index in [4.69, 9.17) is 0 Å². The molecule has 2 N–H and O–H groups in total. The van der Waals surface area contributed by atoms with Gasteiger partial charge >= 0.3 is 0 Å². The smallest absolute Gasteiger partial charge is 0.226 e. The highest BCUT2D eigenvalue weighted by Gasteiger charge is 2.15. The van der Waals surface area contributed by atoms with Crippen molar-refractivity contribution in [2.45, 2.75) is 19.4 Å². The van der Waals surface area contributed by atoms with Crippen molar-refractivity contribution in [3.63, 3.8) is 0 Å². The van der Waals surface area contributed by atoms with Crippen molar-refractivity contribution in [2.75, 3.05) is 0 Å². The zero-order chi connectivity index (χ0) is 18.8. The van der Waals surface area contributed by atoms with E-state index in [9.17, 15) is 9.18 Å². The summed E-state index contributed by atoms with van der Waals surface area (Å²) >= 11 is 1.40. The number of aromatic amines is 1. The fourth-order valence-electron chi connectivity index (χ4n) is 2.85. The Kier molecular flexibility index (Phi) is 4.68. The van der Waals surface area contributed by atoms with Crippen LogP contribution in [0.4, 0.5) is 4.39 Å². The molecule has 0 aliphatic rings. The van der Waals surface area contributed by atoms with Gasteiger partial charge in [-0.2, -0.15) is 0 Å². The second kappa shape index (κ2) is 7.28. The Bertz CT molecular complexity index is 1070. The van der Waals surface area contributed by atoms with E-state index in [1.807, 2.05) is 36.6 Å². The maximum Gasteiger partial charge on any atom is 0.226 e. The third-order valence-electron chi connectivity index (χ3n) is 4.16. The number of fused-ring (bicyclic) bond motifs is 1. The van der Waals surface area contributed by atoms with Crippen LogP contribution in [0.2, 0.25) is 0 Å². The number of aromatic nitrogens is 3. The van der Waals surface area contributed by atoms with Crippen molar-refractivity contribution in [1.29, 1.82) is 0 Å². The van der Waals surface area contributed by atoms with Crippen molar-refractivity contribution < 1.29 is 9.18 Å². The van der Waals surface area contributed by atoms with E-state index in [0.717, 1.165) is 11.0 Å². The molecule has 0 saturated carbocycles. The molecule has 0 aliphatic carbocycles. The van der Waals surface area contributed by atoms with Crippen molar-refractivity contribution in [3.8, 4) is 10.6 Å². The monoisotopic (exact) mass is 380 g/mol. The number of carbonyl (C=O) groups is 1. The molecular weight excluding hydrogens is 363 g/mol. The van der Waals surface area contributed by atoms with Gasteiger partial charge in [-0.15, -0.1) is 11.3 Å². The van der Waals surface area contributed by atoms with Gasteiger partial charge in [0.1, 0.15) is 16.6 Å². The number of hydrogen-bond donors (Lipinski definition) is 2. The predicted molar refractivity (Wildman–Crippen MR) is 104 cm³/mol. The normalized spacial score (nSPS) is 12.2. The highest BCUT2D eigenvalue weighted by Crippen LogP contribution is 2.24. The molecule has 27 heavy (non-hydrogen) atoms. The molecule has 5 nitrogen and oxygen atoms in total. The molecule has 2 aromatic carbocycles. The van der Waals surface area contributed by atoms with Crippen molar-refractivity contribution in [3.05, 3.63) is 71.2 Å². The van der Waals surface area contributed by atoms with Gasteiger partial charge in [0.2, 0.25) is 5.91 Å². The fourth-order valence-corrected chi connectivity index (χ4v) is 3.66. The summed E-state index contributed by atoms with van der Waals surface area (Å²) in [6.07, 6.45) is 0.163. The van der Waals surface area contributed by atoms with Gasteiger partial charge in [-0.3, -0.25) is 4.79 Å². The van der Waals surface area contributed by atoms with E-state index in [2.05, 4.69) is 20.3 Å². The van der Waals surface area contributed by atoms with Crippen LogP contribution < -0.4 is 5.32 Å². The Balaban J connectivity index is 1.42. The van der Waals surface area contributed by atoms with Crippen molar-refractivity contribution >= 4 is 28.3 Å². The van der Waals surface area contributed by atoms with Gasteiger partial charge in [0.05, 0.1) is 29.2 Å². The van der Waals surface area contributed by atoms with Crippen LogP contribution in [-0.4, -0.2) is 20.9 Å². The number of para-hydroxylation sites is 2. The second-order valence-electron chi connectivity index (χ2n) is 6.26. The largest absolute Gasteiger partial charge is 0.346 e. The number of H-pyrrole nitrogens is 1. The summed E-state index contributed by atoms with van der Waals surface area (Å²) in [4.78, 5) is 24.5. The average molecular weight is 380 g/mol. The first-order chi connectivity index (χ1) is 13.1. The molecule has 0 fully saturated rings. The summed E-state index contributed by atoms with van der Waals surface area (Å²) in [5.41, 5.74) is 3.18. The Morgan fingerprint density at radius 3 is 2.89 bits per heavy atom. The lowest BCUT2D eigenvalue weighted by atomic mass is 10.2. The zero-order valence-corrected chi connectivity index (χ0v) is 15.4. The van der Waals surface area contributed by atoms with E-state index in [1.54, 1.807) is 12.1 Å². The van der Waals surface area contributed by atoms with E-state index >= 15 is 0 Å². The average Bonchev–Trinajstić information content (AvgIpc) is 3.28. The van der Waals surface area contributed by atoms with Gasteiger partial charge in [0.25, 0.3) is 0 Å². The van der Waals surface area contributed by atoms with Crippen LogP contribution in [0, 0.1) is 5.82 Å². The molecule has 4 aromatic rings. The SMILES string of the molecule is CC(NC(=O)Cc1csc(-c2cccc(F)c2)n1)c1nc2ccccc2[nH]1. The first-order valence-electron chi connectivity index (χ1n) is 8.53. The number of rotatable bonds is 5. The number of thiazole rings is 1. The standard InChI is InChI=1S/C20H17FN4OS/c1-12(19-24-16-7-2-3-8-17(16)25-19)22-18(26)10-15-11-27-20(23-15)13-5-4-6-14(21)9-13/h2-9,11-12H,10H2,1H3,(H,22,26)(H,24,25). The number of halogens is 1. The topological polar surface area (TPSA) is 70.7 Å². The van der Waals surface area contributed by atoms with E-state index in [-0.39, 0.29) is 24.2 Å². The third kappa shape index (κ3) is 3.88. The number of nitrogens with zero attached hydrogens (tertiary/aromatic N) is 2.